The lowest BCUT2D eigenvalue weighted by atomic mass is 10.2. The van der Waals surface area contributed by atoms with Crippen molar-refractivity contribution >= 4 is 0 Å². The molecule has 1 aromatic rings. The summed E-state index contributed by atoms with van der Waals surface area (Å²) in [4.78, 5) is 0. The van der Waals surface area contributed by atoms with Gasteiger partial charge >= 0.3 is 0 Å². The van der Waals surface area contributed by atoms with Gasteiger partial charge in [-0.3, -0.25) is 0 Å². The molecule has 1 rings (SSSR count). The minimum absolute atomic E-state index is 0.0602. The van der Waals surface area contributed by atoms with Crippen molar-refractivity contribution in [2.45, 2.75) is 60.9 Å². The van der Waals surface area contributed by atoms with Crippen LogP contribution < -0.4 is 5.73 Å². The molecule has 0 heterocycles. The van der Waals surface area contributed by atoms with Crippen LogP contribution in [0.4, 0.5) is 0 Å². The Bertz CT molecular complexity index is 273. The predicted molar refractivity (Wildman–Crippen MR) is 81.1 cm³/mol. The van der Waals surface area contributed by atoms with E-state index < -0.39 is 0 Å². The van der Waals surface area contributed by atoms with E-state index in [-0.39, 0.29) is 11.5 Å². The van der Waals surface area contributed by atoms with E-state index in [1.807, 2.05) is 41.5 Å². The molecular weight excluding hydrogens is 226 g/mol. The lowest BCUT2D eigenvalue weighted by Gasteiger charge is -1.95. The van der Waals surface area contributed by atoms with Gasteiger partial charge in [0.1, 0.15) is 0 Å². The molecule has 0 aliphatic heterocycles. The molecule has 3 heteroatoms. The van der Waals surface area contributed by atoms with Gasteiger partial charge in [-0.1, -0.05) is 40.7 Å². The molecule has 1 aromatic carbocycles. The topological polar surface area (TPSA) is 66.5 Å². The van der Waals surface area contributed by atoms with Crippen LogP contribution in [0.3, 0.4) is 0 Å². The molecule has 1 atom stereocenters. The van der Waals surface area contributed by atoms with Gasteiger partial charge in [0, 0.05) is 6.04 Å². The normalized spacial score (nSPS) is 9.56. The summed E-state index contributed by atoms with van der Waals surface area (Å²) in [6.07, 6.45) is 1.08. The largest absolute Gasteiger partial charge is 0.504 e. The Morgan fingerprint density at radius 1 is 1.06 bits per heavy atom. The van der Waals surface area contributed by atoms with E-state index in [1.54, 1.807) is 6.07 Å². The summed E-state index contributed by atoms with van der Waals surface area (Å²) in [7, 11) is 0. The van der Waals surface area contributed by atoms with Crippen molar-refractivity contribution in [2.75, 3.05) is 0 Å². The number of aryl methyl sites for hydroxylation is 1. The van der Waals surface area contributed by atoms with E-state index in [2.05, 4.69) is 6.92 Å². The molecule has 0 saturated carbocycles. The highest BCUT2D eigenvalue weighted by Gasteiger charge is 1.94. The van der Waals surface area contributed by atoms with Crippen LogP contribution in [0.2, 0.25) is 0 Å². The lowest BCUT2D eigenvalue weighted by molar-refractivity contribution is 0.403. The Morgan fingerprint density at radius 3 is 1.67 bits per heavy atom. The third kappa shape index (κ3) is 14.8. The highest BCUT2D eigenvalue weighted by Crippen LogP contribution is 2.23. The number of phenols is 2. The molecule has 0 spiro atoms. The minimum Gasteiger partial charge on any atom is -0.504 e. The summed E-state index contributed by atoms with van der Waals surface area (Å²) in [6.45, 7) is 13.9. The van der Waals surface area contributed by atoms with Gasteiger partial charge in [-0.15, -0.1) is 0 Å². The first kappa shape index (κ1) is 22.0. The van der Waals surface area contributed by atoms with Crippen LogP contribution in [0.5, 0.6) is 11.5 Å². The van der Waals surface area contributed by atoms with Crippen molar-refractivity contribution in [2.24, 2.45) is 5.73 Å². The van der Waals surface area contributed by atoms with Crippen molar-refractivity contribution in [3.8, 4) is 11.5 Å². The Kier molecular flexibility index (Phi) is 19.3. The van der Waals surface area contributed by atoms with Gasteiger partial charge in [0.25, 0.3) is 0 Å². The third-order valence-corrected chi connectivity index (χ3v) is 1.77. The molecular formula is C15H31NO2. The summed E-state index contributed by atoms with van der Waals surface area (Å²) in [6, 6.07) is 5.09. The Balaban J connectivity index is -0.000000215. The number of phenolic OH excluding ortho intramolecular Hbond substituents is 2. The molecule has 0 aliphatic rings. The van der Waals surface area contributed by atoms with Crippen molar-refractivity contribution < 1.29 is 10.2 Å². The highest BCUT2D eigenvalue weighted by molar-refractivity contribution is 5.39. The third-order valence-electron chi connectivity index (χ3n) is 1.77. The summed E-state index contributed by atoms with van der Waals surface area (Å²) < 4.78 is 0. The summed E-state index contributed by atoms with van der Waals surface area (Å²) in [5, 5.41) is 17.6. The maximum absolute atomic E-state index is 8.85. The molecule has 0 aliphatic carbocycles. The van der Waals surface area contributed by atoms with E-state index in [4.69, 9.17) is 15.9 Å². The van der Waals surface area contributed by atoms with Gasteiger partial charge in [-0.25, -0.2) is 0 Å². The lowest BCUT2D eigenvalue weighted by Crippen LogP contribution is -2.11. The monoisotopic (exact) mass is 257 g/mol. The molecule has 0 aromatic heterocycles. The molecule has 0 radical (unpaired) electrons. The van der Waals surface area contributed by atoms with Crippen LogP contribution in [-0.2, 0) is 0 Å². The fraction of sp³-hybridized carbons (Fsp3) is 0.600. The number of rotatable bonds is 1. The first-order valence-corrected chi connectivity index (χ1v) is 6.71. The molecule has 0 bridgehead atoms. The maximum atomic E-state index is 8.85. The zero-order valence-corrected chi connectivity index (χ0v) is 13.0. The van der Waals surface area contributed by atoms with Gasteiger partial charge in [-0.2, -0.15) is 0 Å². The first-order chi connectivity index (χ1) is 8.47. The predicted octanol–water partition coefficient (Wildman–Crippen LogP) is 4.20. The van der Waals surface area contributed by atoms with Crippen LogP contribution in [-0.4, -0.2) is 16.3 Å². The SMILES string of the molecule is CC.CC.CCC(C)N.Cc1ccc(O)c(O)c1. The number of nitrogens with two attached hydrogens (primary N) is 1. The van der Waals surface area contributed by atoms with Gasteiger partial charge in [0.15, 0.2) is 11.5 Å². The number of benzene rings is 1. The quantitative estimate of drug-likeness (QED) is 0.660. The van der Waals surface area contributed by atoms with Gasteiger partial charge in [0.05, 0.1) is 0 Å². The van der Waals surface area contributed by atoms with E-state index in [1.165, 1.54) is 12.1 Å². The zero-order chi connectivity index (χ0) is 15.1. The van der Waals surface area contributed by atoms with E-state index in [9.17, 15) is 0 Å². The number of hydrogen-bond acceptors (Lipinski definition) is 3. The molecule has 108 valence electrons. The molecule has 0 amide bonds. The summed E-state index contributed by atoms with van der Waals surface area (Å²) in [5.74, 6) is -0.129. The Labute approximate surface area is 113 Å². The molecule has 1 unspecified atom stereocenters. The fourth-order valence-corrected chi connectivity index (χ4v) is 0.633. The van der Waals surface area contributed by atoms with Crippen molar-refractivity contribution in [3.63, 3.8) is 0 Å². The highest BCUT2D eigenvalue weighted by atomic mass is 16.3. The molecule has 4 N–H and O–H groups in total. The second-order valence-corrected chi connectivity index (χ2v) is 3.38. The maximum Gasteiger partial charge on any atom is 0.157 e. The van der Waals surface area contributed by atoms with Crippen molar-refractivity contribution in [1.82, 2.24) is 0 Å². The first-order valence-electron chi connectivity index (χ1n) is 6.71. The average molecular weight is 257 g/mol. The second kappa shape index (κ2) is 15.8. The van der Waals surface area contributed by atoms with Crippen LogP contribution in [0.15, 0.2) is 18.2 Å². The molecule has 18 heavy (non-hydrogen) atoms. The van der Waals surface area contributed by atoms with Gasteiger partial charge in [-0.05, 0) is 38.0 Å². The molecule has 0 fully saturated rings. The van der Waals surface area contributed by atoms with E-state index >= 15 is 0 Å². The average Bonchev–Trinajstić information content (AvgIpc) is 2.40. The van der Waals surface area contributed by atoms with Crippen molar-refractivity contribution in [1.29, 1.82) is 0 Å². The minimum atomic E-state index is -0.0689. The van der Waals surface area contributed by atoms with Crippen LogP contribution in [0.25, 0.3) is 0 Å². The fourth-order valence-electron chi connectivity index (χ4n) is 0.633. The second-order valence-electron chi connectivity index (χ2n) is 3.38. The zero-order valence-electron chi connectivity index (χ0n) is 13.0. The molecule has 0 saturated heterocycles. The van der Waals surface area contributed by atoms with Gasteiger partial charge in [0.2, 0.25) is 0 Å². The number of hydrogen-bond donors (Lipinski definition) is 3. The Hall–Kier alpha value is -1.22. The number of aromatic hydroxyl groups is 2. The Morgan fingerprint density at radius 2 is 1.44 bits per heavy atom. The van der Waals surface area contributed by atoms with Crippen molar-refractivity contribution in [3.05, 3.63) is 23.8 Å². The van der Waals surface area contributed by atoms with Gasteiger partial charge < -0.3 is 15.9 Å². The van der Waals surface area contributed by atoms with Crippen LogP contribution >= 0.6 is 0 Å². The smallest absolute Gasteiger partial charge is 0.157 e. The standard InChI is InChI=1S/C7H8O2.C4H11N.2C2H6/c1-5-2-3-6(8)7(9)4-5;1-3-4(2)5;2*1-2/h2-4,8-9H,1H3;4H,3,5H2,1-2H3;2*1-2H3. The van der Waals surface area contributed by atoms with E-state index in [0.29, 0.717) is 6.04 Å². The van der Waals surface area contributed by atoms with Crippen LogP contribution in [0, 0.1) is 6.92 Å². The van der Waals surface area contributed by atoms with E-state index in [0.717, 1.165) is 12.0 Å². The molecule has 3 nitrogen and oxygen atoms in total. The summed E-state index contributed by atoms with van der Waals surface area (Å²) >= 11 is 0. The van der Waals surface area contributed by atoms with Crippen LogP contribution in [0.1, 0.15) is 53.5 Å². The summed E-state index contributed by atoms with van der Waals surface area (Å²) in [5.41, 5.74) is 6.23.